The second-order valence-corrected chi connectivity index (χ2v) is 5.17. The number of nitrogens with one attached hydrogen (secondary N) is 2. The van der Waals surface area contributed by atoms with Crippen LogP contribution in [0.3, 0.4) is 0 Å². The first-order valence-corrected chi connectivity index (χ1v) is 7.43. The number of rotatable bonds is 8. The Morgan fingerprint density at radius 1 is 1.39 bits per heavy atom. The van der Waals surface area contributed by atoms with Gasteiger partial charge < -0.3 is 10.6 Å². The number of amides is 1. The number of hydrogen-bond donors (Lipinski definition) is 2. The molecule has 4 heteroatoms. The number of likely N-dealkylation sites (tertiary alicyclic amines) is 1. The van der Waals surface area contributed by atoms with Gasteiger partial charge in [0, 0.05) is 26.1 Å². The van der Waals surface area contributed by atoms with E-state index in [0.717, 1.165) is 26.1 Å². The lowest BCUT2D eigenvalue weighted by Gasteiger charge is -2.36. The van der Waals surface area contributed by atoms with Gasteiger partial charge >= 0.3 is 0 Å². The summed E-state index contributed by atoms with van der Waals surface area (Å²) in [6.45, 7) is 6.68. The molecule has 2 N–H and O–H groups in total. The highest BCUT2D eigenvalue weighted by atomic mass is 16.1. The molecule has 0 aliphatic carbocycles. The maximum Gasteiger partial charge on any atom is 0.219 e. The van der Waals surface area contributed by atoms with Crippen LogP contribution in [0.15, 0.2) is 0 Å². The molecular weight excluding hydrogens is 226 g/mol. The van der Waals surface area contributed by atoms with Crippen LogP contribution in [-0.2, 0) is 4.79 Å². The summed E-state index contributed by atoms with van der Waals surface area (Å²) in [6, 6.07) is 0.676. The summed E-state index contributed by atoms with van der Waals surface area (Å²) in [4.78, 5) is 13.8. The quantitative estimate of drug-likeness (QED) is 0.644. The molecule has 0 saturated carbocycles. The van der Waals surface area contributed by atoms with Crippen molar-refractivity contribution in [2.45, 2.75) is 51.5 Å². The third-order valence-corrected chi connectivity index (χ3v) is 3.68. The first-order chi connectivity index (χ1) is 8.77. The monoisotopic (exact) mass is 255 g/mol. The molecule has 0 aromatic heterocycles. The number of piperidine rings is 1. The summed E-state index contributed by atoms with van der Waals surface area (Å²) in [5, 5.41) is 6.21. The summed E-state index contributed by atoms with van der Waals surface area (Å²) < 4.78 is 0. The lowest BCUT2D eigenvalue weighted by atomic mass is 10.0. The van der Waals surface area contributed by atoms with E-state index in [-0.39, 0.29) is 5.91 Å². The highest BCUT2D eigenvalue weighted by Crippen LogP contribution is 2.17. The average Bonchev–Trinajstić information content (AvgIpc) is 2.40. The molecule has 1 aliphatic heterocycles. The van der Waals surface area contributed by atoms with Crippen molar-refractivity contribution in [1.82, 2.24) is 15.5 Å². The van der Waals surface area contributed by atoms with E-state index in [2.05, 4.69) is 22.5 Å². The van der Waals surface area contributed by atoms with Crippen LogP contribution < -0.4 is 10.6 Å². The second kappa shape index (κ2) is 9.34. The Morgan fingerprint density at radius 3 is 2.94 bits per heavy atom. The molecule has 0 spiro atoms. The summed E-state index contributed by atoms with van der Waals surface area (Å²) in [7, 11) is 1.71. The zero-order valence-electron chi connectivity index (χ0n) is 12.0. The molecule has 1 heterocycles. The highest BCUT2D eigenvalue weighted by Gasteiger charge is 2.21. The van der Waals surface area contributed by atoms with E-state index in [0.29, 0.717) is 12.5 Å². The largest absolute Gasteiger partial charge is 0.359 e. The van der Waals surface area contributed by atoms with Gasteiger partial charge in [0.2, 0.25) is 5.91 Å². The normalized spacial score (nSPS) is 20.9. The molecule has 1 amide bonds. The number of nitrogens with zero attached hydrogens (tertiary/aromatic N) is 1. The molecule has 0 bridgehead atoms. The minimum Gasteiger partial charge on any atom is -0.359 e. The molecule has 1 aliphatic rings. The van der Waals surface area contributed by atoms with Crippen LogP contribution in [0.4, 0.5) is 0 Å². The second-order valence-electron chi connectivity index (χ2n) is 5.17. The molecule has 1 saturated heterocycles. The summed E-state index contributed by atoms with van der Waals surface area (Å²) in [5.41, 5.74) is 0. The third-order valence-electron chi connectivity index (χ3n) is 3.68. The Labute approximate surface area is 111 Å². The number of carbonyl (C=O) groups is 1. The first-order valence-electron chi connectivity index (χ1n) is 7.43. The lowest BCUT2D eigenvalue weighted by molar-refractivity contribution is -0.120. The van der Waals surface area contributed by atoms with E-state index in [4.69, 9.17) is 0 Å². The Bertz CT molecular complexity index is 233. The minimum absolute atomic E-state index is 0.160. The first kappa shape index (κ1) is 15.4. The van der Waals surface area contributed by atoms with Crippen LogP contribution in [0, 0.1) is 0 Å². The smallest absolute Gasteiger partial charge is 0.219 e. The predicted molar refractivity (Wildman–Crippen MR) is 75.7 cm³/mol. The van der Waals surface area contributed by atoms with Crippen LogP contribution in [0.25, 0.3) is 0 Å². The SMILES string of the molecule is CCCNCC1CCCCN1CCCC(=O)NC. The van der Waals surface area contributed by atoms with Crippen molar-refractivity contribution in [3.63, 3.8) is 0 Å². The van der Waals surface area contributed by atoms with Crippen molar-refractivity contribution in [2.24, 2.45) is 0 Å². The molecular formula is C14H29N3O. The third kappa shape index (κ3) is 5.83. The van der Waals surface area contributed by atoms with Crippen LogP contribution in [0.1, 0.15) is 45.4 Å². The van der Waals surface area contributed by atoms with Gasteiger partial charge in [-0.2, -0.15) is 0 Å². The zero-order valence-corrected chi connectivity index (χ0v) is 12.0. The maximum atomic E-state index is 11.2. The molecule has 0 aromatic rings. The van der Waals surface area contributed by atoms with Crippen LogP contribution in [-0.4, -0.2) is 50.1 Å². The van der Waals surface area contributed by atoms with Gasteiger partial charge in [0.05, 0.1) is 0 Å². The van der Waals surface area contributed by atoms with Gasteiger partial charge in [-0.15, -0.1) is 0 Å². The van der Waals surface area contributed by atoms with E-state index in [1.807, 2.05) is 0 Å². The van der Waals surface area contributed by atoms with E-state index in [1.165, 1.54) is 32.2 Å². The highest BCUT2D eigenvalue weighted by molar-refractivity contribution is 5.75. The standard InChI is InChI=1S/C14H29N3O/c1-3-9-16-12-13-7-4-5-10-17(13)11-6-8-14(18)15-2/h13,16H,3-12H2,1-2H3,(H,15,18). The van der Waals surface area contributed by atoms with Crippen LogP contribution in [0.2, 0.25) is 0 Å². The van der Waals surface area contributed by atoms with Crippen LogP contribution >= 0.6 is 0 Å². The van der Waals surface area contributed by atoms with Gasteiger partial charge in [-0.3, -0.25) is 9.69 Å². The van der Waals surface area contributed by atoms with Crippen molar-refractivity contribution in [2.75, 3.05) is 33.2 Å². The number of hydrogen-bond acceptors (Lipinski definition) is 3. The van der Waals surface area contributed by atoms with E-state index < -0.39 is 0 Å². The van der Waals surface area contributed by atoms with E-state index in [1.54, 1.807) is 7.05 Å². The van der Waals surface area contributed by atoms with Crippen molar-refractivity contribution < 1.29 is 4.79 Å². The van der Waals surface area contributed by atoms with Crippen molar-refractivity contribution in [1.29, 1.82) is 0 Å². The zero-order chi connectivity index (χ0) is 13.2. The number of carbonyl (C=O) groups excluding carboxylic acids is 1. The van der Waals surface area contributed by atoms with Gasteiger partial charge in [-0.05, 0) is 45.3 Å². The lowest BCUT2D eigenvalue weighted by Crippen LogP contribution is -2.46. The molecule has 4 nitrogen and oxygen atoms in total. The van der Waals surface area contributed by atoms with Gasteiger partial charge in [0.25, 0.3) is 0 Å². The molecule has 0 radical (unpaired) electrons. The molecule has 1 fully saturated rings. The fourth-order valence-corrected chi connectivity index (χ4v) is 2.60. The Balaban J connectivity index is 2.23. The fourth-order valence-electron chi connectivity index (χ4n) is 2.60. The minimum atomic E-state index is 0.160. The molecule has 0 aromatic carbocycles. The Morgan fingerprint density at radius 2 is 2.22 bits per heavy atom. The van der Waals surface area contributed by atoms with Crippen molar-refractivity contribution in [3.05, 3.63) is 0 Å². The Hall–Kier alpha value is -0.610. The van der Waals surface area contributed by atoms with Crippen LogP contribution in [0.5, 0.6) is 0 Å². The van der Waals surface area contributed by atoms with Gasteiger partial charge in [-0.25, -0.2) is 0 Å². The van der Waals surface area contributed by atoms with Gasteiger partial charge in [0.15, 0.2) is 0 Å². The predicted octanol–water partition coefficient (Wildman–Crippen LogP) is 1.37. The average molecular weight is 255 g/mol. The molecule has 1 atom stereocenters. The topological polar surface area (TPSA) is 44.4 Å². The maximum absolute atomic E-state index is 11.2. The van der Waals surface area contributed by atoms with Gasteiger partial charge in [0.1, 0.15) is 0 Å². The van der Waals surface area contributed by atoms with Crippen molar-refractivity contribution >= 4 is 5.91 Å². The van der Waals surface area contributed by atoms with E-state index >= 15 is 0 Å². The molecule has 106 valence electrons. The summed E-state index contributed by atoms with van der Waals surface area (Å²) in [6.07, 6.45) is 6.79. The fraction of sp³-hybridized carbons (Fsp3) is 0.929. The van der Waals surface area contributed by atoms with Gasteiger partial charge in [-0.1, -0.05) is 13.3 Å². The van der Waals surface area contributed by atoms with Crippen molar-refractivity contribution in [3.8, 4) is 0 Å². The molecule has 1 rings (SSSR count). The summed E-state index contributed by atoms with van der Waals surface area (Å²) >= 11 is 0. The summed E-state index contributed by atoms with van der Waals surface area (Å²) in [5.74, 6) is 0.160. The molecule has 1 unspecified atom stereocenters. The Kier molecular flexibility index (Phi) is 8.01. The van der Waals surface area contributed by atoms with E-state index in [9.17, 15) is 4.79 Å². The molecule has 18 heavy (non-hydrogen) atoms.